The van der Waals surface area contributed by atoms with Gasteiger partial charge in [0.05, 0.1) is 17.5 Å². The summed E-state index contributed by atoms with van der Waals surface area (Å²) in [5.74, 6) is 1.29. The third-order valence-corrected chi connectivity index (χ3v) is 7.11. The van der Waals surface area contributed by atoms with Crippen molar-refractivity contribution in [3.63, 3.8) is 0 Å². The molecule has 5 aromatic rings. The highest BCUT2D eigenvalue weighted by Gasteiger charge is 2.27. The van der Waals surface area contributed by atoms with Crippen LogP contribution in [0.5, 0.6) is 5.75 Å². The zero-order chi connectivity index (χ0) is 23.0. The fourth-order valence-corrected chi connectivity index (χ4v) is 4.94. The zero-order valence-electron chi connectivity index (χ0n) is 18.1. The van der Waals surface area contributed by atoms with Crippen molar-refractivity contribution >= 4 is 32.2 Å². The molecule has 5 rings (SSSR count). The number of fused-ring (bicyclic) bond motifs is 3. The SMILES string of the molecule is COc1ccccc1CNc1nc2c(S(=O)(=O)c3ccc(C)cc3)nnn2c2ccccc12. The Morgan fingerprint density at radius 3 is 2.48 bits per heavy atom. The summed E-state index contributed by atoms with van der Waals surface area (Å²) in [6.07, 6.45) is 0. The molecule has 0 aliphatic heterocycles. The highest BCUT2D eigenvalue weighted by Crippen LogP contribution is 2.29. The topological polar surface area (TPSA) is 98.5 Å². The standard InChI is InChI=1S/C24H21N5O3S/c1-16-11-13-18(14-12-16)33(30,31)24-23-26-22(25-15-17-7-3-6-10-21(17)32-2)19-8-4-5-9-20(19)29(23)28-27-24/h3-14H,15H2,1-2H3,(H,25,26). The lowest BCUT2D eigenvalue weighted by Crippen LogP contribution is -2.08. The van der Waals surface area contributed by atoms with E-state index < -0.39 is 9.84 Å². The van der Waals surface area contributed by atoms with Gasteiger partial charge in [-0.1, -0.05) is 53.2 Å². The van der Waals surface area contributed by atoms with Gasteiger partial charge >= 0.3 is 0 Å². The molecule has 0 bridgehead atoms. The molecule has 0 aliphatic carbocycles. The van der Waals surface area contributed by atoms with Crippen molar-refractivity contribution in [2.75, 3.05) is 12.4 Å². The van der Waals surface area contributed by atoms with Crippen LogP contribution < -0.4 is 10.1 Å². The number of nitrogens with zero attached hydrogens (tertiary/aromatic N) is 4. The van der Waals surface area contributed by atoms with E-state index in [1.165, 1.54) is 4.52 Å². The van der Waals surface area contributed by atoms with Crippen molar-refractivity contribution in [3.05, 3.63) is 83.9 Å². The van der Waals surface area contributed by atoms with E-state index in [0.717, 1.165) is 22.3 Å². The van der Waals surface area contributed by atoms with E-state index in [2.05, 4.69) is 20.6 Å². The summed E-state index contributed by atoms with van der Waals surface area (Å²) >= 11 is 0. The van der Waals surface area contributed by atoms with Gasteiger partial charge in [-0.25, -0.2) is 13.4 Å². The first kappa shape index (κ1) is 20.9. The minimum Gasteiger partial charge on any atom is -0.496 e. The van der Waals surface area contributed by atoms with Crippen LogP contribution in [0.15, 0.2) is 82.7 Å². The smallest absolute Gasteiger partial charge is 0.229 e. The summed E-state index contributed by atoms with van der Waals surface area (Å²) in [7, 11) is -2.28. The van der Waals surface area contributed by atoms with Crippen LogP contribution in [-0.2, 0) is 16.4 Å². The van der Waals surface area contributed by atoms with Crippen LogP contribution in [0.25, 0.3) is 16.6 Å². The molecule has 166 valence electrons. The van der Waals surface area contributed by atoms with Crippen molar-refractivity contribution in [1.29, 1.82) is 0 Å². The molecule has 0 spiro atoms. The number of hydrogen-bond donors (Lipinski definition) is 1. The van der Waals surface area contributed by atoms with Crippen molar-refractivity contribution in [2.45, 2.75) is 23.4 Å². The molecule has 0 unspecified atom stereocenters. The first-order valence-corrected chi connectivity index (χ1v) is 11.8. The zero-order valence-corrected chi connectivity index (χ0v) is 18.9. The summed E-state index contributed by atoms with van der Waals surface area (Å²) < 4.78 is 33.6. The van der Waals surface area contributed by atoms with Gasteiger partial charge in [-0.3, -0.25) is 0 Å². The molecule has 8 nitrogen and oxygen atoms in total. The molecule has 0 fully saturated rings. The van der Waals surface area contributed by atoms with Crippen LogP contribution >= 0.6 is 0 Å². The average Bonchev–Trinajstić information content (AvgIpc) is 3.28. The molecular weight excluding hydrogens is 438 g/mol. The van der Waals surface area contributed by atoms with Crippen molar-refractivity contribution in [3.8, 4) is 5.75 Å². The van der Waals surface area contributed by atoms with Crippen molar-refractivity contribution in [1.82, 2.24) is 19.8 Å². The van der Waals surface area contributed by atoms with Gasteiger partial charge in [-0.2, -0.15) is 4.52 Å². The fourth-order valence-electron chi connectivity index (χ4n) is 3.71. The molecule has 2 aromatic heterocycles. The van der Waals surface area contributed by atoms with Gasteiger partial charge < -0.3 is 10.1 Å². The number of para-hydroxylation sites is 2. The lowest BCUT2D eigenvalue weighted by Gasteiger charge is -2.12. The predicted molar refractivity (Wildman–Crippen MR) is 125 cm³/mol. The number of anilines is 1. The number of ether oxygens (including phenoxy) is 1. The summed E-state index contributed by atoms with van der Waals surface area (Å²) in [4.78, 5) is 4.80. The molecule has 3 aromatic carbocycles. The van der Waals surface area contributed by atoms with Gasteiger partial charge in [-0.05, 0) is 37.3 Å². The van der Waals surface area contributed by atoms with Gasteiger partial charge in [0.25, 0.3) is 0 Å². The van der Waals surface area contributed by atoms with E-state index in [4.69, 9.17) is 4.74 Å². The Morgan fingerprint density at radius 2 is 1.70 bits per heavy atom. The molecular formula is C24H21N5O3S. The Labute approximate surface area is 190 Å². The predicted octanol–water partition coefficient (Wildman–Crippen LogP) is 4.04. The Kier molecular flexibility index (Phi) is 5.18. The quantitative estimate of drug-likeness (QED) is 0.409. The van der Waals surface area contributed by atoms with Gasteiger partial charge in [0, 0.05) is 17.5 Å². The number of rotatable bonds is 6. The largest absolute Gasteiger partial charge is 0.496 e. The van der Waals surface area contributed by atoms with Gasteiger partial charge in [0.1, 0.15) is 11.6 Å². The van der Waals surface area contributed by atoms with Crippen molar-refractivity contribution in [2.24, 2.45) is 0 Å². The number of aryl methyl sites for hydroxylation is 1. The maximum Gasteiger partial charge on any atom is 0.229 e. The summed E-state index contributed by atoms with van der Waals surface area (Å²) in [6.45, 7) is 2.34. The number of sulfone groups is 1. The van der Waals surface area contributed by atoms with Crippen LogP contribution in [0, 0.1) is 6.92 Å². The van der Waals surface area contributed by atoms with Crippen LogP contribution in [0.2, 0.25) is 0 Å². The first-order valence-electron chi connectivity index (χ1n) is 10.3. The van der Waals surface area contributed by atoms with E-state index in [1.807, 2.05) is 55.5 Å². The summed E-state index contributed by atoms with van der Waals surface area (Å²) in [5.41, 5.74) is 2.78. The lowest BCUT2D eigenvalue weighted by molar-refractivity contribution is 0.410. The highest BCUT2D eigenvalue weighted by atomic mass is 32.2. The maximum atomic E-state index is 13.3. The second kappa shape index (κ2) is 8.18. The van der Waals surface area contributed by atoms with E-state index in [1.54, 1.807) is 31.4 Å². The van der Waals surface area contributed by atoms with Crippen LogP contribution in [0.1, 0.15) is 11.1 Å². The third-order valence-electron chi connectivity index (χ3n) is 5.45. The van der Waals surface area contributed by atoms with Crippen LogP contribution in [0.4, 0.5) is 5.82 Å². The maximum absolute atomic E-state index is 13.3. The lowest BCUT2D eigenvalue weighted by atomic mass is 10.2. The van der Waals surface area contributed by atoms with E-state index in [9.17, 15) is 8.42 Å². The fraction of sp³-hybridized carbons (Fsp3) is 0.125. The van der Waals surface area contributed by atoms with Gasteiger partial charge in [0.15, 0.2) is 5.65 Å². The second-order valence-corrected chi connectivity index (χ2v) is 9.45. The van der Waals surface area contributed by atoms with Crippen LogP contribution in [-0.4, -0.2) is 35.3 Å². The molecule has 0 amide bonds. The second-order valence-electron chi connectivity index (χ2n) is 7.59. The minimum absolute atomic E-state index is 0.147. The third kappa shape index (κ3) is 3.66. The van der Waals surface area contributed by atoms with Gasteiger partial charge in [0.2, 0.25) is 14.9 Å². The summed E-state index contributed by atoms with van der Waals surface area (Å²) in [6, 6.07) is 21.8. The number of hydrogen-bond acceptors (Lipinski definition) is 7. The minimum atomic E-state index is -3.91. The molecule has 0 saturated carbocycles. The molecule has 2 heterocycles. The Morgan fingerprint density at radius 1 is 0.970 bits per heavy atom. The molecule has 33 heavy (non-hydrogen) atoms. The summed E-state index contributed by atoms with van der Waals surface area (Å²) in [5, 5.41) is 12.1. The van der Waals surface area contributed by atoms with Gasteiger partial charge in [-0.15, -0.1) is 5.10 Å². The molecule has 0 saturated heterocycles. The molecule has 0 radical (unpaired) electrons. The molecule has 9 heteroatoms. The molecule has 1 N–H and O–H groups in total. The van der Waals surface area contributed by atoms with Crippen molar-refractivity contribution < 1.29 is 13.2 Å². The molecule has 0 atom stereocenters. The number of methoxy groups -OCH3 is 1. The Balaban J connectivity index is 1.64. The average molecular weight is 460 g/mol. The highest BCUT2D eigenvalue weighted by molar-refractivity contribution is 7.91. The number of nitrogens with one attached hydrogen (secondary N) is 1. The Hall–Kier alpha value is -3.98. The van der Waals surface area contributed by atoms with E-state index >= 15 is 0 Å². The molecule has 0 aliphatic rings. The number of benzene rings is 3. The monoisotopic (exact) mass is 459 g/mol. The van der Waals surface area contributed by atoms with E-state index in [-0.39, 0.29) is 15.6 Å². The normalized spacial score (nSPS) is 11.7. The van der Waals surface area contributed by atoms with E-state index in [0.29, 0.717) is 17.9 Å². The number of aromatic nitrogens is 4. The van der Waals surface area contributed by atoms with Crippen LogP contribution in [0.3, 0.4) is 0 Å². The Bertz CT molecular complexity index is 1580. The first-order chi connectivity index (χ1) is 16.0.